The van der Waals surface area contributed by atoms with Gasteiger partial charge in [0.2, 0.25) is 5.52 Å². The second-order valence-electron chi connectivity index (χ2n) is 10.8. The Balaban J connectivity index is 2.12. The predicted molar refractivity (Wildman–Crippen MR) is 142 cm³/mol. The maximum absolute atomic E-state index is 2.59. The van der Waals surface area contributed by atoms with Gasteiger partial charge in [0.25, 0.3) is 0 Å². The third-order valence-electron chi connectivity index (χ3n) is 8.37. The van der Waals surface area contributed by atoms with Crippen LogP contribution in [0.4, 0.5) is 0 Å². The van der Waals surface area contributed by atoms with E-state index in [4.69, 9.17) is 0 Å². The number of pyridine rings is 2. The first-order chi connectivity index (χ1) is 15.7. The quantitative estimate of drug-likeness (QED) is 0.150. The molecule has 2 heteroatoms. The first-order valence-corrected chi connectivity index (χ1v) is 12.2. The molecule has 0 fully saturated rings. The third kappa shape index (κ3) is 2.47. The molecule has 0 spiro atoms. The predicted octanol–water partition coefficient (Wildman–Crippen LogP) is 7.74. The highest BCUT2D eigenvalue weighted by Gasteiger charge is 2.30. The maximum atomic E-state index is 2.59. The van der Waals surface area contributed by atoms with Crippen molar-refractivity contribution in [3.63, 3.8) is 0 Å². The van der Waals surface area contributed by atoms with Crippen molar-refractivity contribution >= 4 is 49.0 Å². The summed E-state index contributed by atoms with van der Waals surface area (Å²) in [5.41, 5.74) is 12.4. The van der Waals surface area contributed by atoms with Gasteiger partial charge >= 0.3 is 0 Å². The molecule has 33 heavy (non-hydrogen) atoms. The Morgan fingerprint density at radius 3 is 2.33 bits per heavy atom. The number of aryl methyl sites for hydroxylation is 5. The zero-order valence-corrected chi connectivity index (χ0v) is 21.1. The Labute approximate surface area is 195 Å². The summed E-state index contributed by atoms with van der Waals surface area (Å²) >= 11 is 0. The van der Waals surface area contributed by atoms with Gasteiger partial charge in [0.15, 0.2) is 6.20 Å². The molecule has 0 amide bonds. The molecule has 2 nitrogen and oxygen atoms in total. The first kappa shape index (κ1) is 20.5. The lowest BCUT2D eigenvalue weighted by atomic mass is 9.78. The lowest BCUT2D eigenvalue weighted by molar-refractivity contribution is -0.643. The molecule has 0 atom stereocenters. The molecule has 0 aliphatic rings. The first-order valence-electron chi connectivity index (χ1n) is 12.2. The van der Waals surface area contributed by atoms with Gasteiger partial charge in [-0.1, -0.05) is 38.5 Å². The summed E-state index contributed by atoms with van der Waals surface area (Å²) in [7, 11) is 2.20. The van der Waals surface area contributed by atoms with Crippen LogP contribution in [-0.2, 0) is 12.5 Å². The van der Waals surface area contributed by atoms with Crippen molar-refractivity contribution in [1.82, 2.24) is 4.40 Å². The minimum absolute atomic E-state index is 0.0910. The lowest BCUT2D eigenvalue weighted by Crippen LogP contribution is -2.29. The highest BCUT2D eigenvalue weighted by molar-refractivity contribution is 6.28. The summed E-state index contributed by atoms with van der Waals surface area (Å²) in [5.74, 6) is 0. The van der Waals surface area contributed by atoms with Crippen LogP contribution in [0.15, 0.2) is 42.6 Å². The topological polar surface area (TPSA) is 8.29 Å². The van der Waals surface area contributed by atoms with E-state index in [1.165, 1.54) is 76.8 Å². The molecule has 0 unspecified atom stereocenters. The van der Waals surface area contributed by atoms with E-state index in [2.05, 4.69) is 107 Å². The normalized spacial score (nSPS) is 13.0. The molecular formula is C31H33N2+. The van der Waals surface area contributed by atoms with E-state index in [0.717, 1.165) is 6.42 Å². The lowest BCUT2D eigenvalue weighted by Gasteiger charge is -2.26. The largest absolute Gasteiger partial charge is 0.307 e. The van der Waals surface area contributed by atoms with Crippen LogP contribution in [0.3, 0.4) is 0 Å². The number of fused-ring (bicyclic) bond motifs is 6. The van der Waals surface area contributed by atoms with E-state index in [1.54, 1.807) is 0 Å². The van der Waals surface area contributed by atoms with Gasteiger partial charge < -0.3 is 4.40 Å². The second kappa shape index (κ2) is 6.47. The fourth-order valence-corrected chi connectivity index (χ4v) is 6.08. The summed E-state index contributed by atoms with van der Waals surface area (Å²) in [4.78, 5) is 0. The molecule has 6 aromatic rings. The van der Waals surface area contributed by atoms with Crippen LogP contribution in [0, 0.1) is 27.7 Å². The van der Waals surface area contributed by atoms with Crippen molar-refractivity contribution in [2.45, 2.75) is 60.3 Å². The molecule has 6 rings (SSSR count). The SMILES string of the molecule is CCC(C)(C)c1cc2cc[n+](C)c3c4c(C)c(C)cc(C)c4n4c5ccc(C)cc5c1c4c23. The van der Waals surface area contributed by atoms with E-state index in [9.17, 15) is 0 Å². The van der Waals surface area contributed by atoms with Crippen LogP contribution in [0.5, 0.6) is 0 Å². The average molecular weight is 434 g/mol. The van der Waals surface area contributed by atoms with Crippen LogP contribution < -0.4 is 4.57 Å². The highest BCUT2D eigenvalue weighted by atomic mass is 15.0. The number of benzene rings is 3. The number of rotatable bonds is 2. The minimum atomic E-state index is 0.0910. The van der Waals surface area contributed by atoms with E-state index in [-0.39, 0.29) is 5.41 Å². The maximum Gasteiger partial charge on any atom is 0.224 e. The van der Waals surface area contributed by atoms with Crippen molar-refractivity contribution in [3.05, 3.63) is 70.4 Å². The van der Waals surface area contributed by atoms with Crippen molar-refractivity contribution in [3.8, 4) is 0 Å². The molecule has 3 aromatic carbocycles. The van der Waals surface area contributed by atoms with Crippen LogP contribution in [0.1, 0.15) is 55.0 Å². The molecule has 0 bridgehead atoms. The van der Waals surface area contributed by atoms with Crippen LogP contribution in [0.25, 0.3) is 49.0 Å². The monoisotopic (exact) mass is 433 g/mol. The molecule has 0 aliphatic carbocycles. The van der Waals surface area contributed by atoms with Crippen LogP contribution >= 0.6 is 0 Å². The summed E-state index contributed by atoms with van der Waals surface area (Å²) in [6.07, 6.45) is 3.35. The Morgan fingerprint density at radius 2 is 1.61 bits per heavy atom. The summed E-state index contributed by atoms with van der Waals surface area (Å²) in [6.45, 7) is 16.1. The van der Waals surface area contributed by atoms with Gasteiger partial charge in [-0.2, -0.15) is 0 Å². The zero-order chi connectivity index (χ0) is 23.4. The molecular weight excluding hydrogens is 400 g/mol. The molecule has 166 valence electrons. The summed E-state index contributed by atoms with van der Waals surface area (Å²) in [6, 6.07) is 14.2. The number of hydrogen-bond donors (Lipinski definition) is 0. The summed E-state index contributed by atoms with van der Waals surface area (Å²) < 4.78 is 4.93. The third-order valence-corrected chi connectivity index (χ3v) is 8.37. The van der Waals surface area contributed by atoms with Crippen molar-refractivity contribution < 1.29 is 4.57 Å². The average Bonchev–Trinajstić information content (AvgIpc) is 3.11. The number of nitrogens with zero attached hydrogens (tertiary/aromatic N) is 2. The van der Waals surface area contributed by atoms with Gasteiger partial charge in [-0.25, -0.2) is 4.57 Å². The standard InChI is InChI=1S/C31H33N2/c1-9-31(6,7)23-16-21-12-13-32(8)29-25-20(5)18(3)15-19(4)28(25)33-24-11-10-17(2)14-22(24)27(23)30(33)26(21)29/h10-16H,9H2,1-8H3/q+1. The van der Waals surface area contributed by atoms with Crippen LogP contribution in [-0.4, -0.2) is 4.40 Å². The Hall–Kier alpha value is -3.13. The van der Waals surface area contributed by atoms with Gasteiger partial charge in [-0.3, -0.25) is 0 Å². The van der Waals surface area contributed by atoms with Crippen molar-refractivity contribution in [1.29, 1.82) is 0 Å². The summed E-state index contributed by atoms with van der Waals surface area (Å²) in [5, 5.41) is 6.93. The van der Waals surface area contributed by atoms with Gasteiger partial charge in [-0.15, -0.1) is 0 Å². The molecule has 0 aliphatic heterocycles. The van der Waals surface area contributed by atoms with Gasteiger partial charge in [0, 0.05) is 16.8 Å². The van der Waals surface area contributed by atoms with Gasteiger partial charge in [0.05, 0.1) is 27.3 Å². The molecule has 0 saturated heterocycles. The van der Waals surface area contributed by atoms with E-state index in [0.29, 0.717) is 0 Å². The number of hydrogen-bond acceptors (Lipinski definition) is 0. The smallest absolute Gasteiger partial charge is 0.224 e. The second-order valence-corrected chi connectivity index (χ2v) is 10.8. The zero-order valence-electron chi connectivity index (χ0n) is 21.1. The Bertz CT molecular complexity index is 1760. The van der Waals surface area contributed by atoms with Gasteiger partial charge in [-0.05, 0) is 85.4 Å². The highest BCUT2D eigenvalue weighted by Crippen LogP contribution is 2.46. The molecule has 3 heterocycles. The van der Waals surface area contributed by atoms with E-state index < -0.39 is 0 Å². The van der Waals surface area contributed by atoms with Crippen molar-refractivity contribution in [2.75, 3.05) is 0 Å². The fraction of sp³-hybridized carbons (Fsp3) is 0.323. The van der Waals surface area contributed by atoms with Gasteiger partial charge in [0.1, 0.15) is 7.05 Å². The molecule has 3 aromatic heterocycles. The minimum Gasteiger partial charge on any atom is -0.307 e. The Morgan fingerprint density at radius 1 is 0.848 bits per heavy atom. The fourth-order valence-electron chi connectivity index (χ4n) is 6.08. The van der Waals surface area contributed by atoms with Crippen LogP contribution in [0.2, 0.25) is 0 Å². The molecule has 0 saturated carbocycles. The Kier molecular flexibility index (Phi) is 4.01. The molecule has 0 N–H and O–H groups in total. The van der Waals surface area contributed by atoms with E-state index >= 15 is 0 Å². The van der Waals surface area contributed by atoms with E-state index in [1.807, 2.05) is 0 Å². The number of aromatic nitrogens is 2. The molecule has 0 radical (unpaired) electrons. The van der Waals surface area contributed by atoms with Crippen molar-refractivity contribution in [2.24, 2.45) is 7.05 Å².